The van der Waals surface area contributed by atoms with Crippen LogP contribution in [0.3, 0.4) is 0 Å². The van der Waals surface area contributed by atoms with Gasteiger partial charge in [-0.15, -0.1) is 0 Å². The first-order valence-electron chi connectivity index (χ1n) is 3.24. The van der Waals surface area contributed by atoms with Gasteiger partial charge in [0.15, 0.2) is 0 Å². The Morgan fingerprint density at radius 3 is 1.90 bits per heavy atom. The van der Waals surface area contributed by atoms with Crippen LogP contribution in [0.15, 0.2) is 12.2 Å². The Kier molecular flexibility index (Phi) is 13.0. The van der Waals surface area contributed by atoms with E-state index < -0.39 is 0 Å². The first kappa shape index (κ1) is 11.8. The van der Waals surface area contributed by atoms with Crippen molar-refractivity contribution in [3.8, 4) is 0 Å². The van der Waals surface area contributed by atoms with E-state index in [9.17, 15) is 9.59 Å². The minimum absolute atomic E-state index is 0.255. The standard InChI is InChI=1S/C4H8O.C4H6O/c1-3-4(2)5;1-2-3-4-5/h3H2,1-2H3;2-4H,1H3/b;3-2+. The number of aldehydes is 1. The Hall–Kier alpha value is -0.920. The topological polar surface area (TPSA) is 34.1 Å². The molecule has 0 amide bonds. The largest absolute Gasteiger partial charge is 0.300 e. The monoisotopic (exact) mass is 142 g/mol. The number of rotatable bonds is 2. The molecule has 0 aromatic rings. The third-order valence-corrected chi connectivity index (χ3v) is 0.769. The molecular weight excluding hydrogens is 128 g/mol. The van der Waals surface area contributed by atoms with Crippen LogP contribution in [0.2, 0.25) is 0 Å². The molecule has 0 saturated heterocycles. The normalized spacial score (nSPS) is 8.30. The molecule has 0 N–H and O–H groups in total. The highest BCUT2D eigenvalue weighted by atomic mass is 16.1. The quantitative estimate of drug-likeness (QED) is 0.434. The fourth-order valence-corrected chi connectivity index (χ4v) is 0.0786. The van der Waals surface area contributed by atoms with Gasteiger partial charge in [0.25, 0.3) is 0 Å². The van der Waals surface area contributed by atoms with Crippen molar-refractivity contribution >= 4 is 12.1 Å². The Bertz CT molecular complexity index is 114. The lowest BCUT2D eigenvalue weighted by molar-refractivity contribution is -0.116. The summed E-state index contributed by atoms with van der Waals surface area (Å²) in [4.78, 5) is 19.1. The van der Waals surface area contributed by atoms with Crippen LogP contribution < -0.4 is 0 Å². The molecule has 2 nitrogen and oxygen atoms in total. The SMILES string of the molecule is C/C=C/C=O.CCC(C)=O. The van der Waals surface area contributed by atoms with Crippen molar-refractivity contribution in [1.82, 2.24) is 0 Å². The van der Waals surface area contributed by atoms with Gasteiger partial charge in [-0.05, 0) is 19.9 Å². The van der Waals surface area contributed by atoms with Gasteiger partial charge < -0.3 is 4.79 Å². The zero-order chi connectivity index (χ0) is 8.41. The summed E-state index contributed by atoms with van der Waals surface area (Å²) in [5, 5.41) is 0. The van der Waals surface area contributed by atoms with Crippen LogP contribution in [0.5, 0.6) is 0 Å². The van der Waals surface area contributed by atoms with Crippen molar-refractivity contribution in [1.29, 1.82) is 0 Å². The van der Waals surface area contributed by atoms with Crippen molar-refractivity contribution in [2.45, 2.75) is 27.2 Å². The molecule has 0 aliphatic carbocycles. The average Bonchev–Trinajstić information content (AvgIpc) is 1.91. The first-order chi connectivity index (χ1) is 4.68. The second-order valence-electron chi connectivity index (χ2n) is 1.72. The van der Waals surface area contributed by atoms with Gasteiger partial charge in [-0.1, -0.05) is 13.0 Å². The number of ketones is 1. The van der Waals surface area contributed by atoms with Crippen LogP contribution in [0, 0.1) is 0 Å². The maximum atomic E-state index is 9.81. The van der Waals surface area contributed by atoms with E-state index in [0.29, 0.717) is 6.42 Å². The van der Waals surface area contributed by atoms with Crippen LogP contribution in [0.1, 0.15) is 27.2 Å². The molecule has 0 saturated carbocycles. The summed E-state index contributed by atoms with van der Waals surface area (Å²) in [5.74, 6) is 0.255. The van der Waals surface area contributed by atoms with Crippen molar-refractivity contribution in [3.63, 3.8) is 0 Å². The average molecular weight is 142 g/mol. The van der Waals surface area contributed by atoms with Crippen molar-refractivity contribution in [3.05, 3.63) is 12.2 Å². The molecule has 2 heteroatoms. The molecule has 0 fully saturated rings. The molecule has 0 radical (unpaired) electrons. The Morgan fingerprint density at radius 2 is 1.90 bits per heavy atom. The lowest BCUT2D eigenvalue weighted by atomic mass is 10.4. The smallest absolute Gasteiger partial charge is 0.142 e. The molecule has 58 valence electrons. The molecule has 0 spiro atoms. The summed E-state index contributed by atoms with van der Waals surface area (Å²) in [6.07, 6.45) is 4.55. The maximum Gasteiger partial charge on any atom is 0.142 e. The molecular formula is C8H14O2. The summed E-state index contributed by atoms with van der Waals surface area (Å²) in [6.45, 7) is 5.23. The minimum Gasteiger partial charge on any atom is -0.300 e. The van der Waals surface area contributed by atoms with E-state index in [0.717, 1.165) is 6.29 Å². The van der Waals surface area contributed by atoms with E-state index in [1.165, 1.54) is 6.08 Å². The van der Waals surface area contributed by atoms with Crippen LogP contribution in [-0.4, -0.2) is 12.1 Å². The van der Waals surface area contributed by atoms with E-state index in [1.807, 2.05) is 6.92 Å². The number of hydrogen-bond donors (Lipinski definition) is 0. The Morgan fingerprint density at radius 1 is 1.50 bits per heavy atom. The number of carbonyl (C=O) groups excluding carboxylic acids is 2. The second-order valence-corrected chi connectivity index (χ2v) is 1.72. The molecule has 0 aromatic carbocycles. The Labute approximate surface area is 61.9 Å². The van der Waals surface area contributed by atoms with Gasteiger partial charge in [0.1, 0.15) is 12.1 Å². The third kappa shape index (κ3) is 27.6. The number of Topliss-reactive ketones (excluding diaryl/α,β-unsaturated/α-hetero) is 1. The van der Waals surface area contributed by atoms with Gasteiger partial charge in [-0.25, -0.2) is 0 Å². The van der Waals surface area contributed by atoms with Crippen LogP contribution in [-0.2, 0) is 9.59 Å². The lowest BCUT2D eigenvalue weighted by Gasteiger charge is -1.71. The first-order valence-corrected chi connectivity index (χ1v) is 3.24. The molecule has 0 aromatic heterocycles. The van der Waals surface area contributed by atoms with Gasteiger partial charge in [0.05, 0.1) is 0 Å². The molecule has 0 atom stereocenters. The molecule has 10 heavy (non-hydrogen) atoms. The predicted molar refractivity (Wildman–Crippen MR) is 41.9 cm³/mol. The maximum absolute atomic E-state index is 9.81. The summed E-state index contributed by atoms with van der Waals surface area (Å²) in [6, 6.07) is 0. The van der Waals surface area contributed by atoms with E-state index >= 15 is 0 Å². The van der Waals surface area contributed by atoms with E-state index in [4.69, 9.17) is 0 Å². The molecule has 0 aliphatic rings. The second kappa shape index (κ2) is 11.0. The van der Waals surface area contributed by atoms with E-state index in [-0.39, 0.29) is 5.78 Å². The third-order valence-electron chi connectivity index (χ3n) is 0.769. The van der Waals surface area contributed by atoms with Gasteiger partial charge in [0.2, 0.25) is 0 Å². The highest BCUT2D eigenvalue weighted by Crippen LogP contribution is 1.71. The highest BCUT2D eigenvalue weighted by Gasteiger charge is 1.76. The van der Waals surface area contributed by atoms with Gasteiger partial charge in [-0.2, -0.15) is 0 Å². The summed E-state index contributed by atoms with van der Waals surface area (Å²) in [7, 11) is 0. The van der Waals surface area contributed by atoms with Crippen molar-refractivity contribution < 1.29 is 9.59 Å². The number of carbonyl (C=O) groups is 2. The fourth-order valence-electron chi connectivity index (χ4n) is 0.0786. The zero-order valence-corrected chi connectivity index (χ0v) is 6.76. The van der Waals surface area contributed by atoms with Gasteiger partial charge in [-0.3, -0.25) is 4.79 Å². The summed E-state index contributed by atoms with van der Waals surface area (Å²) < 4.78 is 0. The molecule has 0 unspecified atom stereocenters. The Balaban J connectivity index is 0. The fraction of sp³-hybridized carbons (Fsp3) is 0.500. The molecule has 0 heterocycles. The molecule has 0 rings (SSSR count). The highest BCUT2D eigenvalue weighted by molar-refractivity contribution is 5.74. The molecule has 0 bridgehead atoms. The van der Waals surface area contributed by atoms with Gasteiger partial charge in [0, 0.05) is 6.42 Å². The number of allylic oxidation sites excluding steroid dienone is 2. The van der Waals surface area contributed by atoms with E-state index in [1.54, 1.807) is 19.9 Å². The van der Waals surface area contributed by atoms with Crippen LogP contribution in [0.4, 0.5) is 0 Å². The molecule has 0 aliphatic heterocycles. The van der Waals surface area contributed by atoms with Gasteiger partial charge >= 0.3 is 0 Å². The zero-order valence-electron chi connectivity index (χ0n) is 6.76. The summed E-state index contributed by atoms with van der Waals surface area (Å²) in [5.41, 5.74) is 0. The lowest BCUT2D eigenvalue weighted by Crippen LogP contribution is -1.80. The predicted octanol–water partition coefficient (Wildman–Crippen LogP) is 1.75. The minimum atomic E-state index is 0.255. The number of hydrogen-bond acceptors (Lipinski definition) is 2. The van der Waals surface area contributed by atoms with Crippen molar-refractivity contribution in [2.75, 3.05) is 0 Å². The van der Waals surface area contributed by atoms with Crippen LogP contribution in [0.25, 0.3) is 0 Å². The summed E-state index contributed by atoms with van der Waals surface area (Å²) >= 11 is 0. The van der Waals surface area contributed by atoms with E-state index in [2.05, 4.69) is 0 Å². The van der Waals surface area contributed by atoms with Crippen molar-refractivity contribution in [2.24, 2.45) is 0 Å². The van der Waals surface area contributed by atoms with Crippen LogP contribution >= 0.6 is 0 Å².